The molecule has 0 atom stereocenters. The number of aromatic nitrogens is 1. The zero-order valence-electron chi connectivity index (χ0n) is 10.0. The van der Waals surface area contributed by atoms with E-state index in [4.69, 9.17) is 0 Å². The lowest BCUT2D eigenvalue weighted by molar-refractivity contribution is 0.325. The minimum atomic E-state index is -0.388. The Bertz CT molecular complexity index is 363. The lowest BCUT2D eigenvalue weighted by Gasteiger charge is -2.24. The summed E-state index contributed by atoms with van der Waals surface area (Å²) in [7, 11) is 0. The molecule has 3 heteroatoms. The molecule has 0 aliphatic carbocycles. The van der Waals surface area contributed by atoms with Crippen molar-refractivity contribution in [2.75, 3.05) is 18.0 Å². The molecule has 2 nitrogen and oxygen atoms in total. The van der Waals surface area contributed by atoms with Crippen LogP contribution in [-0.4, -0.2) is 18.1 Å². The molecule has 1 aromatic heterocycles. The first kappa shape index (κ1) is 11.4. The van der Waals surface area contributed by atoms with E-state index in [1.54, 1.807) is 6.07 Å². The fourth-order valence-electron chi connectivity index (χ4n) is 2.23. The van der Waals surface area contributed by atoms with Gasteiger partial charge in [-0.1, -0.05) is 19.9 Å². The maximum atomic E-state index is 13.0. The molecule has 0 unspecified atom stereocenters. The third-order valence-corrected chi connectivity index (χ3v) is 3.36. The molecule has 0 N–H and O–H groups in total. The molecule has 1 saturated heterocycles. The Morgan fingerprint density at radius 1 is 1.25 bits per heavy atom. The number of anilines is 1. The van der Waals surface area contributed by atoms with E-state index in [1.807, 2.05) is 6.07 Å². The van der Waals surface area contributed by atoms with Crippen LogP contribution < -0.4 is 4.90 Å². The smallest absolute Gasteiger partial charge is 0.214 e. The predicted molar refractivity (Wildman–Crippen MR) is 64.0 cm³/mol. The molecule has 2 rings (SSSR count). The van der Waals surface area contributed by atoms with Crippen LogP contribution in [0, 0.1) is 11.4 Å². The van der Waals surface area contributed by atoms with Crippen LogP contribution in [0.15, 0.2) is 18.2 Å². The van der Waals surface area contributed by atoms with Crippen LogP contribution in [0.3, 0.4) is 0 Å². The first-order valence-electron chi connectivity index (χ1n) is 5.94. The van der Waals surface area contributed by atoms with Crippen molar-refractivity contribution in [2.24, 2.45) is 5.41 Å². The van der Waals surface area contributed by atoms with Gasteiger partial charge in [-0.2, -0.15) is 4.39 Å². The number of nitrogens with zero attached hydrogens (tertiary/aromatic N) is 2. The standard InChI is InChI=1S/C13H19FN2/c1-13(2)7-4-9-16(10-8-13)12-6-3-5-11(14)15-12/h3,5-6H,4,7-10H2,1-2H3. The monoisotopic (exact) mass is 222 g/mol. The van der Waals surface area contributed by atoms with Crippen molar-refractivity contribution >= 4 is 5.82 Å². The van der Waals surface area contributed by atoms with E-state index in [0.717, 1.165) is 31.7 Å². The Morgan fingerprint density at radius 2 is 2.06 bits per heavy atom. The first-order valence-corrected chi connectivity index (χ1v) is 5.94. The molecular formula is C13H19FN2. The van der Waals surface area contributed by atoms with Crippen LogP contribution in [0.25, 0.3) is 0 Å². The molecule has 88 valence electrons. The normalized spacial score (nSPS) is 20.6. The SMILES string of the molecule is CC1(C)CCCN(c2cccc(F)n2)CC1. The van der Waals surface area contributed by atoms with Crippen LogP contribution >= 0.6 is 0 Å². The van der Waals surface area contributed by atoms with Crippen LogP contribution in [-0.2, 0) is 0 Å². The Balaban J connectivity index is 2.11. The Labute approximate surface area is 96.5 Å². The van der Waals surface area contributed by atoms with E-state index in [0.29, 0.717) is 5.41 Å². The van der Waals surface area contributed by atoms with E-state index in [2.05, 4.69) is 23.7 Å². The summed E-state index contributed by atoms with van der Waals surface area (Å²) in [5, 5.41) is 0. The maximum absolute atomic E-state index is 13.0. The van der Waals surface area contributed by atoms with Crippen LogP contribution in [0.1, 0.15) is 33.1 Å². The number of rotatable bonds is 1. The van der Waals surface area contributed by atoms with Crippen LogP contribution in [0.5, 0.6) is 0 Å². The highest BCUT2D eigenvalue weighted by Crippen LogP contribution is 2.31. The third kappa shape index (κ3) is 2.71. The number of halogens is 1. The topological polar surface area (TPSA) is 16.1 Å². The van der Waals surface area contributed by atoms with Crippen molar-refractivity contribution < 1.29 is 4.39 Å². The molecule has 1 fully saturated rings. The summed E-state index contributed by atoms with van der Waals surface area (Å²) in [6.07, 6.45) is 3.54. The molecule has 0 spiro atoms. The molecule has 1 aromatic rings. The van der Waals surface area contributed by atoms with Gasteiger partial charge in [0.05, 0.1) is 0 Å². The Hall–Kier alpha value is -1.12. The summed E-state index contributed by atoms with van der Waals surface area (Å²) in [5.41, 5.74) is 0.405. The van der Waals surface area contributed by atoms with Gasteiger partial charge >= 0.3 is 0 Å². The van der Waals surface area contributed by atoms with Crippen molar-refractivity contribution in [1.29, 1.82) is 0 Å². The van der Waals surface area contributed by atoms with Gasteiger partial charge in [-0.05, 0) is 36.8 Å². The van der Waals surface area contributed by atoms with Crippen molar-refractivity contribution in [2.45, 2.75) is 33.1 Å². The van der Waals surface area contributed by atoms with Gasteiger partial charge in [0.1, 0.15) is 5.82 Å². The van der Waals surface area contributed by atoms with Crippen molar-refractivity contribution in [3.63, 3.8) is 0 Å². The van der Waals surface area contributed by atoms with Gasteiger partial charge in [0, 0.05) is 13.1 Å². The second kappa shape index (κ2) is 4.40. The molecule has 0 amide bonds. The molecule has 0 radical (unpaired) electrons. The van der Waals surface area contributed by atoms with Crippen molar-refractivity contribution in [3.8, 4) is 0 Å². The van der Waals surface area contributed by atoms with Crippen LogP contribution in [0.2, 0.25) is 0 Å². The van der Waals surface area contributed by atoms with Gasteiger partial charge in [0.25, 0.3) is 0 Å². The maximum Gasteiger partial charge on any atom is 0.214 e. The first-order chi connectivity index (χ1) is 7.57. The lowest BCUT2D eigenvalue weighted by atomic mass is 9.85. The molecule has 0 saturated carbocycles. The van der Waals surface area contributed by atoms with Gasteiger partial charge in [0.15, 0.2) is 0 Å². The quantitative estimate of drug-likeness (QED) is 0.678. The summed E-state index contributed by atoms with van der Waals surface area (Å²) in [4.78, 5) is 6.14. The minimum absolute atomic E-state index is 0.388. The summed E-state index contributed by atoms with van der Waals surface area (Å²) in [6, 6.07) is 5.01. The highest BCUT2D eigenvalue weighted by atomic mass is 19.1. The van der Waals surface area contributed by atoms with E-state index < -0.39 is 0 Å². The lowest BCUT2D eigenvalue weighted by Crippen LogP contribution is -2.26. The third-order valence-electron chi connectivity index (χ3n) is 3.36. The highest BCUT2D eigenvalue weighted by Gasteiger charge is 2.23. The Morgan fingerprint density at radius 3 is 2.81 bits per heavy atom. The van der Waals surface area contributed by atoms with Gasteiger partial charge in [-0.3, -0.25) is 0 Å². The predicted octanol–water partition coefficient (Wildman–Crippen LogP) is 3.24. The van der Waals surface area contributed by atoms with Gasteiger partial charge in [-0.15, -0.1) is 0 Å². The summed E-state index contributed by atoms with van der Waals surface area (Å²) in [6.45, 7) is 6.56. The molecule has 16 heavy (non-hydrogen) atoms. The fraction of sp³-hybridized carbons (Fsp3) is 0.615. The summed E-state index contributed by atoms with van der Waals surface area (Å²) in [5.74, 6) is 0.388. The minimum Gasteiger partial charge on any atom is -0.357 e. The fourth-order valence-corrected chi connectivity index (χ4v) is 2.23. The molecule has 0 bridgehead atoms. The average molecular weight is 222 g/mol. The van der Waals surface area contributed by atoms with E-state index >= 15 is 0 Å². The average Bonchev–Trinajstić information content (AvgIpc) is 2.39. The van der Waals surface area contributed by atoms with E-state index in [1.165, 1.54) is 12.5 Å². The van der Waals surface area contributed by atoms with E-state index in [-0.39, 0.29) is 5.95 Å². The highest BCUT2D eigenvalue weighted by molar-refractivity contribution is 5.38. The van der Waals surface area contributed by atoms with Gasteiger partial charge in [0.2, 0.25) is 5.95 Å². The van der Waals surface area contributed by atoms with Crippen LogP contribution in [0.4, 0.5) is 10.2 Å². The molecule has 1 aliphatic rings. The second-order valence-electron chi connectivity index (χ2n) is 5.32. The van der Waals surface area contributed by atoms with E-state index in [9.17, 15) is 4.39 Å². The van der Waals surface area contributed by atoms with Crippen molar-refractivity contribution in [1.82, 2.24) is 4.98 Å². The second-order valence-corrected chi connectivity index (χ2v) is 5.32. The molecule has 1 aliphatic heterocycles. The van der Waals surface area contributed by atoms with Gasteiger partial charge in [-0.25, -0.2) is 4.98 Å². The van der Waals surface area contributed by atoms with Crippen molar-refractivity contribution in [3.05, 3.63) is 24.1 Å². The molecular weight excluding hydrogens is 203 g/mol. The zero-order valence-corrected chi connectivity index (χ0v) is 10.0. The summed E-state index contributed by atoms with van der Waals surface area (Å²) >= 11 is 0. The Kier molecular flexibility index (Phi) is 3.13. The molecule has 0 aromatic carbocycles. The van der Waals surface area contributed by atoms with Gasteiger partial charge < -0.3 is 4.90 Å². The number of pyridine rings is 1. The number of hydrogen-bond donors (Lipinski definition) is 0. The largest absolute Gasteiger partial charge is 0.357 e. The molecule has 2 heterocycles. The zero-order chi connectivity index (χ0) is 11.6. The number of hydrogen-bond acceptors (Lipinski definition) is 2. The summed E-state index contributed by atoms with van der Waals surface area (Å²) < 4.78 is 13.0.